The molecule has 4 rings (SSSR count). The second kappa shape index (κ2) is 7.85. The van der Waals surface area contributed by atoms with Crippen molar-refractivity contribution in [2.24, 2.45) is 0 Å². The molecule has 0 aliphatic rings. The number of nitrogens with zero attached hydrogens (tertiary/aromatic N) is 2. The summed E-state index contributed by atoms with van der Waals surface area (Å²) >= 11 is -2.29. The molecule has 0 aliphatic carbocycles. The number of benzene rings is 3. The average Bonchev–Trinajstić information content (AvgIpc) is 3.23. The summed E-state index contributed by atoms with van der Waals surface area (Å²) in [5, 5.41) is 3.75. The van der Waals surface area contributed by atoms with Crippen LogP contribution in [0.25, 0.3) is 34.0 Å². The van der Waals surface area contributed by atoms with Crippen molar-refractivity contribution in [3.05, 3.63) is 78.4 Å². The van der Waals surface area contributed by atoms with Gasteiger partial charge in [0.25, 0.3) is 5.89 Å². The van der Waals surface area contributed by atoms with Crippen LogP contribution in [0.4, 0.5) is 13.2 Å². The van der Waals surface area contributed by atoms with E-state index in [1.54, 1.807) is 42.5 Å². The number of hydrogen-bond acceptors (Lipinski definition) is 4. The van der Waals surface area contributed by atoms with Gasteiger partial charge in [-0.1, -0.05) is 59.8 Å². The molecule has 0 radical (unpaired) electrons. The monoisotopic (exact) mass is 430 g/mol. The summed E-state index contributed by atoms with van der Waals surface area (Å²) in [7, 11) is 0. The summed E-state index contributed by atoms with van der Waals surface area (Å²) in [5.74, 6) is -0.127. The van der Waals surface area contributed by atoms with E-state index in [0.717, 1.165) is 6.07 Å². The summed E-state index contributed by atoms with van der Waals surface area (Å²) in [6.45, 7) is 0. The van der Waals surface area contributed by atoms with Crippen LogP contribution in [0.2, 0.25) is 0 Å². The Balaban J connectivity index is 1.79. The second-order valence-electron chi connectivity index (χ2n) is 6.29. The molecular weight excluding hydrogens is 417 g/mol. The molecule has 1 heterocycles. The Morgan fingerprint density at radius 2 is 1.57 bits per heavy atom. The third kappa shape index (κ3) is 3.89. The summed E-state index contributed by atoms with van der Waals surface area (Å²) in [6, 6.07) is 18.2. The van der Waals surface area contributed by atoms with Crippen LogP contribution in [-0.2, 0) is 17.3 Å². The highest BCUT2D eigenvalue weighted by Gasteiger charge is 2.34. The molecule has 0 saturated heterocycles. The first kappa shape index (κ1) is 20.0. The molecule has 3 aromatic carbocycles. The molecule has 0 spiro atoms. The zero-order valence-corrected chi connectivity index (χ0v) is 15.9. The molecule has 5 nitrogen and oxygen atoms in total. The highest BCUT2D eigenvalue weighted by atomic mass is 32.2. The minimum absolute atomic E-state index is 0.0385. The van der Waals surface area contributed by atoms with Crippen LogP contribution in [0.15, 0.2) is 82.2 Å². The zero-order valence-electron chi connectivity index (χ0n) is 15.1. The van der Waals surface area contributed by atoms with E-state index < -0.39 is 22.8 Å². The van der Waals surface area contributed by atoms with Gasteiger partial charge in [-0.15, -0.1) is 0 Å². The lowest BCUT2D eigenvalue weighted by molar-refractivity contribution is -0.137. The summed E-state index contributed by atoms with van der Waals surface area (Å²) < 4.78 is 67.2. The molecule has 9 heteroatoms. The fraction of sp³-hybridized carbons (Fsp3) is 0.0476. The quantitative estimate of drug-likeness (QED) is 0.422. The fourth-order valence-electron chi connectivity index (χ4n) is 3.03. The van der Waals surface area contributed by atoms with Gasteiger partial charge in [0.1, 0.15) is 0 Å². The van der Waals surface area contributed by atoms with Crippen molar-refractivity contribution < 1.29 is 26.5 Å². The predicted molar refractivity (Wildman–Crippen MR) is 105 cm³/mol. The molecule has 1 aromatic heterocycles. The Bertz CT molecular complexity index is 1220. The van der Waals surface area contributed by atoms with Gasteiger partial charge in [-0.25, -0.2) is 4.21 Å². The molecule has 0 fully saturated rings. The van der Waals surface area contributed by atoms with E-state index in [1.807, 2.05) is 0 Å². The number of alkyl halides is 3. The van der Waals surface area contributed by atoms with Crippen molar-refractivity contribution in [3.63, 3.8) is 0 Å². The van der Waals surface area contributed by atoms with Gasteiger partial charge < -0.3 is 9.08 Å². The van der Waals surface area contributed by atoms with Crippen molar-refractivity contribution in [2.45, 2.75) is 11.1 Å². The van der Waals surface area contributed by atoms with Gasteiger partial charge in [0.05, 0.1) is 16.0 Å². The van der Waals surface area contributed by atoms with Crippen LogP contribution < -0.4 is 0 Å². The van der Waals surface area contributed by atoms with Crippen molar-refractivity contribution in [2.75, 3.05) is 0 Å². The van der Waals surface area contributed by atoms with Gasteiger partial charge in [0, 0.05) is 5.56 Å². The SMILES string of the molecule is O=S(O)c1ccccc1-c1nc(-c2ccc(-c3ccccc3)c(C(F)(F)F)c2)no1. The van der Waals surface area contributed by atoms with Crippen molar-refractivity contribution in [1.82, 2.24) is 10.1 Å². The van der Waals surface area contributed by atoms with Crippen molar-refractivity contribution in [1.29, 1.82) is 0 Å². The first-order chi connectivity index (χ1) is 14.3. The van der Waals surface area contributed by atoms with Crippen LogP contribution in [0.3, 0.4) is 0 Å². The van der Waals surface area contributed by atoms with Gasteiger partial charge in [-0.3, -0.25) is 0 Å². The second-order valence-corrected chi connectivity index (χ2v) is 7.23. The number of aromatic nitrogens is 2. The largest absolute Gasteiger partial charge is 0.417 e. The Labute approximate surface area is 171 Å². The molecule has 152 valence electrons. The number of rotatable bonds is 4. The van der Waals surface area contributed by atoms with E-state index >= 15 is 0 Å². The first-order valence-electron chi connectivity index (χ1n) is 8.65. The normalized spacial score (nSPS) is 12.7. The minimum atomic E-state index is -4.59. The van der Waals surface area contributed by atoms with E-state index in [-0.39, 0.29) is 33.3 Å². The Morgan fingerprint density at radius 3 is 2.27 bits per heavy atom. The number of halogens is 3. The van der Waals surface area contributed by atoms with Crippen molar-refractivity contribution >= 4 is 11.1 Å². The summed E-state index contributed by atoms with van der Waals surface area (Å²) in [4.78, 5) is 4.19. The molecule has 1 N–H and O–H groups in total. The van der Waals surface area contributed by atoms with Gasteiger partial charge in [0.2, 0.25) is 5.82 Å². The molecule has 0 saturated carbocycles. The maximum atomic E-state index is 13.7. The first-order valence-corrected chi connectivity index (χ1v) is 9.76. The van der Waals surface area contributed by atoms with E-state index in [1.165, 1.54) is 24.3 Å². The lowest BCUT2D eigenvalue weighted by atomic mass is 9.97. The van der Waals surface area contributed by atoms with Crippen LogP contribution in [0.1, 0.15) is 5.56 Å². The Kier molecular flexibility index (Phi) is 5.23. The Morgan fingerprint density at radius 1 is 0.867 bits per heavy atom. The smallest absolute Gasteiger partial charge is 0.334 e. The van der Waals surface area contributed by atoms with E-state index in [0.29, 0.717) is 5.56 Å². The third-order valence-corrected chi connectivity index (χ3v) is 5.13. The molecule has 0 aliphatic heterocycles. The minimum Gasteiger partial charge on any atom is -0.334 e. The molecule has 1 unspecified atom stereocenters. The van der Waals surface area contributed by atoms with E-state index in [4.69, 9.17) is 4.52 Å². The van der Waals surface area contributed by atoms with E-state index in [9.17, 15) is 21.9 Å². The molecule has 0 amide bonds. The standard InChI is InChI=1S/C21H13F3N2O3S/c22-21(23,24)17-12-14(10-11-15(17)13-6-2-1-3-7-13)19-25-20(29-26-19)16-8-4-5-9-18(16)30(27)28/h1-12H,(H,27,28). The zero-order chi connectivity index (χ0) is 21.3. The third-order valence-electron chi connectivity index (χ3n) is 4.40. The van der Waals surface area contributed by atoms with Gasteiger partial charge in [0.15, 0.2) is 11.1 Å². The van der Waals surface area contributed by atoms with Crippen LogP contribution >= 0.6 is 0 Å². The lowest BCUT2D eigenvalue weighted by Crippen LogP contribution is -2.07. The van der Waals surface area contributed by atoms with Gasteiger partial charge in [-0.05, 0) is 29.3 Å². The van der Waals surface area contributed by atoms with Crippen LogP contribution in [0.5, 0.6) is 0 Å². The van der Waals surface area contributed by atoms with Gasteiger partial charge >= 0.3 is 6.18 Å². The predicted octanol–water partition coefficient (Wildman–Crippen LogP) is 5.67. The fourth-order valence-corrected chi connectivity index (χ4v) is 3.57. The topological polar surface area (TPSA) is 76.2 Å². The molecule has 0 bridgehead atoms. The lowest BCUT2D eigenvalue weighted by Gasteiger charge is -2.14. The molecule has 4 aromatic rings. The highest BCUT2D eigenvalue weighted by Crippen LogP contribution is 2.39. The van der Waals surface area contributed by atoms with E-state index in [2.05, 4.69) is 10.1 Å². The average molecular weight is 430 g/mol. The maximum Gasteiger partial charge on any atom is 0.417 e. The Hall–Kier alpha value is -3.30. The summed E-state index contributed by atoms with van der Waals surface area (Å²) in [5.41, 5.74) is -0.0100. The summed E-state index contributed by atoms with van der Waals surface area (Å²) in [6.07, 6.45) is -4.59. The highest BCUT2D eigenvalue weighted by molar-refractivity contribution is 7.79. The van der Waals surface area contributed by atoms with Crippen LogP contribution in [0, 0.1) is 0 Å². The number of hydrogen-bond donors (Lipinski definition) is 1. The van der Waals surface area contributed by atoms with Crippen molar-refractivity contribution in [3.8, 4) is 34.0 Å². The van der Waals surface area contributed by atoms with Gasteiger partial charge in [-0.2, -0.15) is 18.2 Å². The molecule has 1 atom stereocenters. The molecule has 30 heavy (non-hydrogen) atoms. The maximum absolute atomic E-state index is 13.7. The molecular formula is C21H13F3N2O3S. The van der Waals surface area contributed by atoms with Crippen LogP contribution in [-0.4, -0.2) is 18.9 Å².